The number of aromatic nitrogens is 2. The van der Waals surface area contributed by atoms with Crippen LogP contribution in [-0.2, 0) is 16.1 Å². The zero-order chi connectivity index (χ0) is 22.3. The molecule has 6 nitrogen and oxygen atoms in total. The van der Waals surface area contributed by atoms with Crippen molar-refractivity contribution in [1.82, 2.24) is 14.7 Å². The van der Waals surface area contributed by atoms with Crippen LogP contribution in [0.3, 0.4) is 0 Å². The number of piperidine rings is 1. The van der Waals surface area contributed by atoms with Crippen LogP contribution >= 0.6 is 11.8 Å². The molecule has 2 heterocycles. The summed E-state index contributed by atoms with van der Waals surface area (Å²) in [5.41, 5.74) is 2.18. The van der Waals surface area contributed by atoms with Crippen LogP contribution in [0.1, 0.15) is 36.1 Å². The molecule has 1 atom stereocenters. The Morgan fingerprint density at radius 3 is 2.50 bits per heavy atom. The molecule has 1 N–H and O–H groups in total. The number of nitrogens with zero attached hydrogens (tertiary/aromatic N) is 3. The third-order valence-corrected chi connectivity index (χ3v) is 6.71. The number of hydrogen-bond acceptors (Lipinski definition) is 5. The molecule has 32 heavy (non-hydrogen) atoms. The van der Waals surface area contributed by atoms with Crippen molar-refractivity contribution in [2.24, 2.45) is 0 Å². The Labute approximate surface area is 194 Å². The number of carbonyl (C=O) groups is 1. The molecule has 1 aliphatic rings. The molecule has 1 aromatic heterocycles. The lowest BCUT2D eigenvalue weighted by molar-refractivity contribution is -0.126. The first kappa shape index (κ1) is 22.6. The normalized spacial score (nSPS) is 16.1. The fourth-order valence-corrected chi connectivity index (χ4v) is 4.64. The van der Waals surface area contributed by atoms with Crippen molar-refractivity contribution in [1.29, 1.82) is 0 Å². The summed E-state index contributed by atoms with van der Waals surface area (Å²) >= 11 is 1.77. The number of likely N-dealkylation sites (tertiary alicyclic amines) is 1. The highest BCUT2D eigenvalue weighted by Gasteiger charge is 2.25. The summed E-state index contributed by atoms with van der Waals surface area (Å²) in [6.45, 7) is 2.98. The minimum Gasteiger partial charge on any atom is -0.367 e. The second-order valence-electron chi connectivity index (χ2n) is 8.03. The number of anilines is 1. The van der Waals surface area contributed by atoms with E-state index in [2.05, 4.69) is 45.8 Å². The maximum absolute atomic E-state index is 12.9. The molecule has 168 valence electrons. The molecule has 0 bridgehead atoms. The van der Waals surface area contributed by atoms with Gasteiger partial charge >= 0.3 is 0 Å². The van der Waals surface area contributed by atoms with Crippen LogP contribution in [0.25, 0.3) is 0 Å². The Hall–Kier alpha value is -2.61. The highest BCUT2D eigenvalue weighted by Crippen LogP contribution is 2.27. The molecular weight excluding hydrogens is 420 g/mol. The fraction of sp³-hybridized carbons (Fsp3) is 0.360. The average Bonchev–Trinajstić information content (AvgIpc) is 3.29. The van der Waals surface area contributed by atoms with Crippen LogP contribution in [0.5, 0.6) is 0 Å². The summed E-state index contributed by atoms with van der Waals surface area (Å²) in [7, 11) is 1.55. The molecule has 1 aliphatic heterocycles. The van der Waals surface area contributed by atoms with Gasteiger partial charge in [-0.15, -0.1) is 11.8 Å². The lowest BCUT2D eigenvalue weighted by atomic mass is 10.0. The Kier molecular flexibility index (Phi) is 7.63. The zero-order valence-electron chi connectivity index (χ0n) is 18.6. The highest BCUT2D eigenvalue weighted by atomic mass is 32.2. The molecule has 0 radical (unpaired) electrons. The van der Waals surface area contributed by atoms with E-state index < -0.39 is 6.10 Å². The van der Waals surface area contributed by atoms with Crippen molar-refractivity contribution < 1.29 is 9.53 Å². The van der Waals surface area contributed by atoms with Gasteiger partial charge in [0.05, 0.1) is 12.2 Å². The summed E-state index contributed by atoms with van der Waals surface area (Å²) in [6, 6.07) is 20.5. The van der Waals surface area contributed by atoms with Gasteiger partial charge in [0.2, 0.25) is 0 Å². The van der Waals surface area contributed by atoms with Crippen LogP contribution < -0.4 is 5.32 Å². The Balaban J connectivity index is 1.35. The number of thioether (sulfide) groups is 1. The topological polar surface area (TPSA) is 59.4 Å². The Morgan fingerprint density at radius 1 is 1.12 bits per heavy atom. The summed E-state index contributed by atoms with van der Waals surface area (Å²) in [5, 5.41) is 7.54. The minimum absolute atomic E-state index is 0.188. The molecule has 2 aromatic carbocycles. The van der Waals surface area contributed by atoms with Gasteiger partial charge in [0.25, 0.3) is 5.91 Å². The monoisotopic (exact) mass is 450 g/mol. The van der Waals surface area contributed by atoms with E-state index in [1.807, 2.05) is 41.1 Å². The molecule has 0 aliphatic carbocycles. The van der Waals surface area contributed by atoms with Gasteiger partial charge in [0.15, 0.2) is 6.10 Å². The third kappa shape index (κ3) is 5.41. The van der Waals surface area contributed by atoms with Gasteiger partial charge in [-0.2, -0.15) is 5.10 Å². The maximum atomic E-state index is 12.9. The lowest BCUT2D eigenvalue weighted by Crippen LogP contribution is -2.35. The number of nitrogens with one attached hydrogen (secondary N) is 1. The van der Waals surface area contributed by atoms with Gasteiger partial charge in [0, 0.05) is 37.7 Å². The summed E-state index contributed by atoms with van der Waals surface area (Å²) in [6.07, 6.45) is 5.20. The van der Waals surface area contributed by atoms with Crippen molar-refractivity contribution in [2.75, 3.05) is 31.8 Å². The maximum Gasteiger partial charge on any atom is 0.259 e. The van der Waals surface area contributed by atoms with Crippen molar-refractivity contribution in [3.05, 3.63) is 78.0 Å². The number of ether oxygens (including phenoxy) is 1. The fourth-order valence-electron chi connectivity index (χ4n) is 4.23. The van der Waals surface area contributed by atoms with E-state index in [-0.39, 0.29) is 11.9 Å². The second-order valence-corrected chi connectivity index (χ2v) is 8.91. The van der Waals surface area contributed by atoms with Crippen molar-refractivity contribution in [3.8, 4) is 0 Å². The highest BCUT2D eigenvalue weighted by molar-refractivity contribution is 7.98. The third-order valence-electron chi connectivity index (χ3n) is 5.97. The molecule has 1 saturated heterocycles. The molecule has 0 saturated carbocycles. The van der Waals surface area contributed by atoms with Crippen molar-refractivity contribution in [2.45, 2.75) is 36.4 Å². The molecule has 1 amide bonds. The predicted molar refractivity (Wildman–Crippen MR) is 129 cm³/mol. The van der Waals surface area contributed by atoms with Crippen LogP contribution in [0.4, 0.5) is 5.82 Å². The Bertz CT molecular complexity index is 998. The van der Waals surface area contributed by atoms with E-state index in [0.717, 1.165) is 43.9 Å². The molecule has 4 rings (SSSR count). The first-order chi connectivity index (χ1) is 15.7. The number of amides is 1. The quantitative estimate of drug-likeness (QED) is 0.501. The van der Waals surface area contributed by atoms with Crippen LogP contribution in [0.2, 0.25) is 0 Å². The van der Waals surface area contributed by atoms with E-state index >= 15 is 0 Å². The number of rotatable bonds is 8. The molecule has 1 fully saturated rings. The van der Waals surface area contributed by atoms with E-state index in [1.54, 1.807) is 25.1 Å². The van der Waals surface area contributed by atoms with E-state index in [4.69, 9.17) is 4.74 Å². The first-order valence-electron chi connectivity index (χ1n) is 11.0. The number of benzene rings is 2. The summed E-state index contributed by atoms with van der Waals surface area (Å²) < 4.78 is 7.43. The smallest absolute Gasteiger partial charge is 0.259 e. The van der Waals surface area contributed by atoms with E-state index in [1.165, 1.54) is 10.5 Å². The largest absolute Gasteiger partial charge is 0.367 e. The van der Waals surface area contributed by atoms with Gasteiger partial charge in [-0.3, -0.25) is 9.69 Å². The van der Waals surface area contributed by atoms with Gasteiger partial charge in [-0.05, 0) is 42.4 Å². The van der Waals surface area contributed by atoms with Gasteiger partial charge < -0.3 is 10.1 Å². The number of hydrogen-bond donors (Lipinski definition) is 1. The van der Waals surface area contributed by atoms with Gasteiger partial charge in [-0.25, -0.2) is 4.68 Å². The standard InChI is InChI=1S/C25H30N4O2S/c1-31-24(20-6-4-3-5-7-20)25(30)27-23-12-15-26-29(23)21-13-16-28(17-14-21)18-19-8-10-22(32-2)11-9-19/h3-12,15,21,24H,13-14,16-18H2,1-2H3,(H,27,30). The molecule has 1 unspecified atom stereocenters. The Morgan fingerprint density at radius 2 is 1.84 bits per heavy atom. The zero-order valence-corrected chi connectivity index (χ0v) is 19.4. The van der Waals surface area contributed by atoms with Gasteiger partial charge in [0.1, 0.15) is 5.82 Å². The first-order valence-corrected chi connectivity index (χ1v) is 12.2. The van der Waals surface area contributed by atoms with E-state index in [9.17, 15) is 4.79 Å². The van der Waals surface area contributed by atoms with Crippen LogP contribution in [0.15, 0.2) is 71.8 Å². The van der Waals surface area contributed by atoms with Crippen molar-refractivity contribution in [3.63, 3.8) is 0 Å². The molecule has 3 aromatic rings. The van der Waals surface area contributed by atoms with Crippen LogP contribution in [0, 0.1) is 0 Å². The second kappa shape index (κ2) is 10.8. The lowest BCUT2D eigenvalue weighted by Gasteiger charge is -2.32. The van der Waals surface area contributed by atoms with Crippen molar-refractivity contribution >= 4 is 23.5 Å². The molecular formula is C25H30N4O2S. The predicted octanol–water partition coefficient (Wildman–Crippen LogP) is 4.77. The molecule has 0 spiro atoms. The number of carbonyl (C=O) groups excluding carboxylic acids is 1. The summed E-state index contributed by atoms with van der Waals surface area (Å²) in [5.74, 6) is 0.533. The molecule has 7 heteroatoms. The van der Waals surface area contributed by atoms with Crippen LogP contribution in [-0.4, -0.2) is 47.0 Å². The SMILES string of the molecule is COC(C(=O)Nc1ccnn1C1CCN(Cc2ccc(SC)cc2)CC1)c1ccccc1. The van der Waals surface area contributed by atoms with E-state index in [0.29, 0.717) is 0 Å². The van der Waals surface area contributed by atoms with Gasteiger partial charge in [-0.1, -0.05) is 42.5 Å². The average molecular weight is 451 g/mol. The summed E-state index contributed by atoms with van der Waals surface area (Å²) in [4.78, 5) is 16.7. The number of methoxy groups -OCH3 is 1. The minimum atomic E-state index is -0.654.